The smallest absolute Gasteiger partial charge is 0.0415 e. The summed E-state index contributed by atoms with van der Waals surface area (Å²) < 4.78 is 0. The molecule has 1 nitrogen and oxygen atoms in total. The Kier molecular flexibility index (Phi) is 6.34. The maximum atomic E-state index is 3.61. The fourth-order valence-electron chi connectivity index (χ4n) is 2.40. The molecule has 1 atom stereocenters. The molecule has 0 aliphatic rings. The van der Waals surface area contributed by atoms with E-state index in [1.165, 1.54) is 21.6 Å². The van der Waals surface area contributed by atoms with E-state index in [0.717, 1.165) is 18.7 Å². The van der Waals surface area contributed by atoms with E-state index in [1.54, 1.807) is 0 Å². The van der Waals surface area contributed by atoms with Crippen LogP contribution in [0.1, 0.15) is 36.6 Å². The summed E-state index contributed by atoms with van der Waals surface area (Å²) in [6, 6.07) is 18.1. The number of thioether (sulfide) groups is 1. The van der Waals surface area contributed by atoms with Gasteiger partial charge in [-0.15, -0.1) is 11.8 Å². The number of rotatable bonds is 7. The highest BCUT2D eigenvalue weighted by Crippen LogP contribution is 2.27. The lowest BCUT2D eigenvalue weighted by atomic mass is 10.0. The minimum Gasteiger partial charge on any atom is -0.309 e. The molecule has 0 aliphatic carbocycles. The zero-order chi connectivity index (χ0) is 15.1. The van der Waals surface area contributed by atoms with Gasteiger partial charge in [0.1, 0.15) is 0 Å². The number of benzene rings is 2. The second kappa shape index (κ2) is 8.26. The predicted octanol–water partition coefficient (Wildman–Crippen LogP) is 5.00. The Balaban J connectivity index is 2.06. The van der Waals surface area contributed by atoms with Crippen molar-refractivity contribution >= 4 is 11.8 Å². The van der Waals surface area contributed by atoms with Crippen molar-refractivity contribution in [3.63, 3.8) is 0 Å². The van der Waals surface area contributed by atoms with Crippen LogP contribution in [0.15, 0.2) is 53.4 Å². The third kappa shape index (κ3) is 4.62. The Morgan fingerprint density at radius 1 is 1.00 bits per heavy atom. The summed E-state index contributed by atoms with van der Waals surface area (Å²) >= 11 is 1.94. The first kappa shape index (κ1) is 16.1. The van der Waals surface area contributed by atoms with Crippen LogP contribution in [0.3, 0.4) is 0 Å². The fraction of sp³-hybridized carbons (Fsp3) is 0.368. The number of aryl methyl sites for hydroxylation is 2. The van der Waals surface area contributed by atoms with E-state index in [-0.39, 0.29) is 0 Å². The standard InChI is InChI=1S/C19H25NS/c1-4-16-10-12-17(13-11-16)18(20-5-2)14-21-19-9-7-6-8-15(19)3/h6-13,18,20H,4-5,14H2,1-3H3. The van der Waals surface area contributed by atoms with E-state index in [4.69, 9.17) is 0 Å². The van der Waals surface area contributed by atoms with Crippen LogP contribution in [0.25, 0.3) is 0 Å². The first-order valence-corrected chi connectivity index (χ1v) is 8.73. The molecule has 21 heavy (non-hydrogen) atoms. The Morgan fingerprint density at radius 3 is 2.33 bits per heavy atom. The Labute approximate surface area is 133 Å². The van der Waals surface area contributed by atoms with Gasteiger partial charge in [0.15, 0.2) is 0 Å². The summed E-state index contributed by atoms with van der Waals surface area (Å²) in [6.07, 6.45) is 1.10. The topological polar surface area (TPSA) is 12.0 Å². The normalized spacial score (nSPS) is 12.3. The summed E-state index contributed by atoms with van der Waals surface area (Å²) in [5.41, 5.74) is 4.15. The van der Waals surface area contributed by atoms with E-state index in [2.05, 4.69) is 74.6 Å². The third-order valence-electron chi connectivity index (χ3n) is 3.74. The van der Waals surface area contributed by atoms with Gasteiger partial charge in [-0.25, -0.2) is 0 Å². The third-order valence-corrected chi connectivity index (χ3v) is 5.01. The van der Waals surface area contributed by atoms with E-state index in [0.29, 0.717) is 6.04 Å². The van der Waals surface area contributed by atoms with Crippen molar-refractivity contribution in [3.8, 4) is 0 Å². The van der Waals surface area contributed by atoms with Crippen LogP contribution in [0.5, 0.6) is 0 Å². The van der Waals surface area contributed by atoms with Crippen molar-refractivity contribution in [2.45, 2.75) is 38.1 Å². The van der Waals surface area contributed by atoms with Crippen LogP contribution in [0.2, 0.25) is 0 Å². The van der Waals surface area contributed by atoms with Gasteiger partial charge in [-0.1, -0.05) is 56.3 Å². The first-order valence-electron chi connectivity index (χ1n) is 7.75. The molecule has 0 aliphatic heterocycles. The molecule has 0 radical (unpaired) electrons. The van der Waals surface area contributed by atoms with Crippen molar-refractivity contribution in [2.75, 3.05) is 12.3 Å². The predicted molar refractivity (Wildman–Crippen MR) is 94.1 cm³/mol. The molecular weight excluding hydrogens is 274 g/mol. The molecule has 0 aromatic heterocycles. The minimum absolute atomic E-state index is 0.408. The average molecular weight is 299 g/mol. The van der Waals surface area contributed by atoms with E-state index < -0.39 is 0 Å². The van der Waals surface area contributed by atoms with Gasteiger partial charge in [0, 0.05) is 16.7 Å². The van der Waals surface area contributed by atoms with Crippen LogP contribution in [0, 0.1) is 6.92 Å². The molecule has 1 unspecified atom stereocenters. The molecule has 0 heterocycles. The molecule has 0 fully saturated rings. The SMILES string of the molecule is CCNC(CSc1ccccc1C)c1ccc(CC)cc1. The molecule has 2 aromatic carbocycles. The summed E-state index contributed by atoms with van der Waals surface area (Å²) in [6.45, 7) is 7.55. The van der Waals surface area contributed by atoms with Crippen LogP contribution in [-0.4, -0.2) is 12.3 Å². The van der Waals surface area contributed by atoms with Gasteiger partial charge < -0.3 is 5.32 Å². The number of hydrogen-bond acceptors (Lipinski definition) is 2. The van der Waals surface area contributed by atoms with E-state index in [9.17, 15) is 0 Å². The Hall–Kier alpha value is -1.25. The molecule has 1 N–H and O–H groups in total. The van der Waals surface area contributed by atoms with Gasteiger partial charge in [-0.2, -0.15) is 0 Å². The molecule has 0 spiro atoms. The molecule has 0 bridgehead atoms. The van der Waals surface area contributed by atoms with Gasteiger partial charge in [0.2, 0.25) is 0 Å². The van der Waals surface area contributed by atoms with Gasteiger partial charge in [0.25, 0.3) is 0 Å². The van der Waals surface area contributed by atoms with Crippen molar-refractivity contribution in [1.82, 2.24) is 5.32 Å². The molecule has 112 valence electrons. The van der Waals surface area contributed by atoms with Crippen LogP contribution in [-0.2, 0) is 6.42 Å². The van der Waals surface area contributed by atoms with Crippen LogP contribution >= 0.6 is 11.8 Å². The lowest BCUT2D eigenvalue weighted by Gasteiger charge is -2.19. The van der Waals surface area contributed by atoms with E-state index >= 15 is 0 Å². The maximum Gasteiger partial charge on any atom is 0.0415 e. The zero-order valence-electron chi connectivity index (χ0n) is 13.2. The molecule has 2 rings (SSSR count). The van der Waals surface area contributed by atoms with Crippen LogP contribution in [0.4, 0.5) is 0 Å². The first-order chi connectivity index (χ1) is 10.2. The van der Waals surface area contributed by atoms with Crippen molar-refractivity contribution < 1.29 is 0 Å². The average Bonchev–Trinajstić information content (AvgIpc) is 2.53. The lowest BCUT2D eigenvalue weighted by molar-refractivity contribution is 0.606. The van der Waals surface area contributed by atoms with Gasteiger partial charge in [-0.3, -0.25) is 0 Å². The molecule has 2 aromatic rings. The van der Waals surface area contributed by atoms with Crippen molar-refractivity contribution in [2.24, 2.45) is 0 Å². The summed E-state index contributed by atoms with van der Waals surface area (Å²) in [5.74, 6) is 1.06. The highest BCUT2D eigenvalue weighted by atomic mass is 32.2. The van der Waals surface area contributed by atoms with Crippen molar-refractivity contribution in [1.29, 1.82) is 0 Å². The monoisotopic (exact) mass is 299 g/mol. The largest absolute Gasteiger partial charge is 0.309 e. The fourth-order valence-corrected chi connectivity index (χ4v) is 3.52. The zero-order valence-corrected chi connectivity index (χ0v) is 14.0. The molecule has 2 heteroatoms. The highest BCUT2D eigenvalue weighted by Gasteiger charge is 2.11. The summed E-state index contributed by atoms with van der Waals surface area (Å²) in [7, 11) is 0. The van der Waals surface area contributed by atoms with Gasteiger partial charge in [-0.05, 0) is 42.6 Å². The molecule has 0 amide bonds. The lowest BCUT2D eigenvalue weighted by Crippen LogP contribution is -2.23. The molecule has 0 saturated heterocycles. The minimum atomic E-state index is 0.408. The maximum absolute atomic E-state index is 3.61. The summed E-state index contributed by atoms with van der Waals surface area (Å²) in [4.78, 5) is 1.38. The summed E-state index contributed by atoms with van der Waals surface area (Å²) in [5, 5.41) is 3.61. The Morgan fingerprint density at radius 2 is 1.71 bits per heavy atom. The highest BCUT2D eigenvalue weighted by molar-refractivity contribution is 7.99. The second-order valence-electron chi connectivity index (χ2n) is 5.28. The second-order valence-corrected chi connectivity index (χ2v) is 6.34. The van der Waals surface area contributed by atoms with E-state index in [1.807, 2.05) is 11.8 Å². The van der Waals surface area contributed by atoms with Gasteiger partial charge in [0.05, 0.1) is 0 Å². The van der Waals surface area contributed by atoms with Crippen molar-refractivity contribution in [3.05, 3.63) is 65.2 Å². The molecule has 0 saturated carbocycles. The van der Waals surface area contributed by atoms with Gasteiger partial charge >= 0.3 is 0 Å². The molecular formula is C19H25NS. The number of hydrogen-bond donors (Lipinski definition) is 1. The van der Waals surface area contributed by atoms with Crippen LogP contribution < -0.4 is 5.32 Å². The quantitative estimate of drug-likeness (QED) is 0.722. The number of nitrogens with one attached hydrogen (secondary N) is 1. The Bertz CT molecular complexity index is 548.